The summed E-state index contributed by atoms with van der Waals surface area (Å²) in [5, 5.41) is 16.0. The van der Waals surface area contributed by atoms with Crippen LogP contribution >= 0.6 is 0 Å². The molecule has 1 fully saturated rings. The number of ether oxygens (including phenoxy) is 1. The predicted molar refractivity (Wildman–Crippen MR) is 76.0 cm³/mol. The Balaban J connectivity index is 2.03. The Labute approximate surface area is 123 Å². The number of nitrogens with one attached hydrogen (secondary N) is 1. The number of hydrogen-bond donors (Lipinski definition) is 2. The first kappa shape index (κ1) is 15.5. The van der Waals surface area contributed by atoms with Crippen molar-refractivity contribution in [1.82, 2.24) is 9.78 Å². The van der Waals surface area contributed by atoms with Crippen molar-refractivity contribution in [3.8, 4) is 0 Å². The topological polar surface area (TPSA) is 93.5 Å². The molecule has 1 aromatic rings. The van der Waals surface area contributed by atoms with Crippen molar-refractivity contribution < 1.29 is 19.4 Å². The van der Waals surface area contributed by atoms with E-state index < -0.39 is 16.9 Å². The fourth-order valence-corrected chi connectivity index (χ4v) is 1.94. The lowest BCUT2D eigenvalue weighted by Gasteiger charge is -2.19. The van der Waals surface area contributed by atoms with Crippen LogP contribution in [0, 0.1) is 5.41 Å². The second-order valence-corrected chi connectivity index (χ2v) is 5.91. The molecule has 7 heteroatoms. The second kappa shape index (κ2) is 5.48. The lowest BCUT2D eigenvalue weighted by molar-refractivity contribution is -0.146. The fraction of sp³-hybridized carbons (Fsp3) is 0.643. The van der Waals surface area contributed by atoms with Crippen LogP contribution in [0.15, 0.2) is 12.4 Å². The number of anilines is 1. The maximum Gasteiger partial charge on any atom is 0.331 e. The molecule has 1 aliphatic rings. The number of amides is 1. The first-order valence-corrected chi connectivity index (χ1v) is 6.99. The van der Waals surface area contributed by atoms with E-state index in [0.717, 1.165) is 12.8 Å². The van der Waals surface area contributed by atoms with Gasteiger partial charge in [0.25, 0.3) is 0 Å². The standard InChI is InChI=1S/C14H21N3O4/c1-4-21-9-14(5-6-14)11(18)16-10-7-15-17(8-10)13(2,3)12(19)20/h7-8H,4-6,9H2,1-3H3,(H,16,18)(H,19,20). The number of hydrogen-bond acceptors (Lipinski definition) is 4. The third-order valence-electron chi connectivity index (χ3n) is 3.85. The van der Waals surface area contributed by atoms with Gasteiger partial charge in [0.1, 0.15) is 0 Å². The van der Waals surface area contributed by atoms with E-state index in [1.54, 1.807) is 13.8 Å². The Bertz CT molecular complexity index is 546. The van der Waals surface area contributed by atoms with Gasteiger partial charge in [-0.15, -0.1) is 0 Å². The molecule has 2 rings (SSSR count). The third kappa shape index (κ3) is 3.07. The number of carboxylic acid groups (broad SMARTS) is 1. The molecule has 1 amide bonds. The van der Waals surface area contributed by atoms with Crippen molar-refractivity contribution in [1.29, 1.82) is 0 Å². The number of aromatic nitrogens is 2. The minimum Gasteiger partial charge on any atom is -0.479 e. The maximum atomic E-state index is 12.3. The largest absolute Gasteiger partial charge is 0.479 e. The van der Waals surface area contributed by atoms with E-state index in [-0.39, 0.29) is 5.91 Å². The number of carbonyl (C=O) groups is 2. The molecular formula is C14H21N3O4. The minimum absolute atomic E-state index is 0.0939. The highest BCUT2D eigenvalue weighted by molar-refractivity contribution is 5.97. The Morgan fingerprint density at radius 1 is 1.52 bits per heavy atom. The van der Waals surface area contributed by atoms with Gasteiger partial charge in [-0.1, -0.05) is 0 Å². The Morgan fingerprint density at radius 2 is 2.19 bits per heavy atom. The summed E-state index contributed by atoms with van der Waals surface area (Å²) in [5.41, 5.74) is -1.09. The van der Waals surface area contributed by atoms with E-state index in [1.165, 1.54) is 17.1 Å². The van der Waals surface area contributed by atoms with Crippen LogP contribution < -0.4 is 5.32 Å². The van der Waals surface area contributed by atoms with E-state index >= 15 is 0 Å². The van der Waals surface area contributed by atoms with Crippen LogP contribution in [0.3, 0.4) is 0 Å². The first-order valence-electron chi connectivity index (χ1n) is 6.99. The molecule has 0 atom stereocenters. The van der Waals surface area contributed by atoms with Gasteiger partial charge in [0.15, 0.2) is 5.54 Å². The number of nitrogens with zero attached hydrogens (tertiary/aromatic N) is 2. The summed E-state index contributed by atoms with van der Waals surface area (Å²) in [6, 6.07) is 0. The summed E-state index contributed by atoms with van der Waals surface area (Å²) < 4.78 is 6.68. The van der Waals surface area contributed by atoms with Gasteiger partial charge in [-0.3, -0.25) is 9.48 Å². The van der Waals surface area contributed by atoms with E-state index in [0.29, 0.717) is 18.9 Å². The smallest absolute Gasteiger partial charge is 0.331 e. The van der Waals surface area contributed by atoms with Gasteiger partial charge in [0.2, 0.25) is 5.91 Å². The number of carbonyl (C=O) groups excluding carboxylic acids is 1. The zero-order valence-corrected chi connectivity index (χ0v) is 12.5. The fourth-order valence-electron chi connectivity index (χ4n) is 1.94. The summed E-state index contributed by atoms with van der Waals surface area (Å²) >= 11 is 0. The molecule has 116 valence electrons. The zero-order valence-electron chi connectivity index (χ0n) is 12.5. The normalized spacial score (nSPS) is 16.5. The molecule has 7 nitrogen and oxygen atoms in total. The number of rotatable bonds is 7. The molecular weight excluding hydrogens is 274 g/mol. The van der Waals surface area contributed by atoms with Gasteiger partial charge in [-0.25, -0.2) is 4.79 Å². The molecule has 0 spiro atoms. The van der Waals surface area contributed by atoms with Crippen molar-refractivity contribution in [3.05, 3.63) is 12.4 Å². The van der Waals surface area contributed by atoms with Crippen LogP contribution in [0.1, 0.15) is 33.6 Å². The van der Waals surface area contributed by atoms with Gasteiger partial charge < -0.3 is 15.2 Å². The lowest BCUT2D eigenvalue weighted by atomic mass is 10.1. The van der Waals surface area contributed by atoms with Crippen LogP contribution in [0.2, 0.25) is 0 Å². The highest BCUT2D eigenvalue weighted by Gasteiger charge is 2.50. The zero-order chi connectivity index (χ0) is 15.7. The van der Waals surface area contributed by atoms with Gasteiger partial charge >= 0.3 is 5.97 Å². The summed E-state index contributed by atoms with van der Waals surface area (Å²) in [5.74, 6) is -1.08. The van der Waals surface area contributed by atoms with Crippen LogP contribution in [0.25, 0.3) is 0 Å². The molecule has 1 heterocycles. The summed E-state index contributed by atoms with van der Waals surface area (Å²) in [4.78, 5) is 23.4. The van der Waals surface area contributed by atoms with Gasteiger partial charge in [-0.2, -0.15) is 5.10 Å². The second-order valence-electron chi connectivity index (χ2n) is 5.91. The molecule has 0 saturated heterocycles. The van der Waals surface area contributed by atoms with Gasteiger partial charge in [-0.05, 0) is 33.6 Å². The summed E-state index contributed by atoms with van der Waals surface area (Å²) in [7, 11) is 0. The minimum atomic E-state index is -1.16. The average molecular weight is 295 g/mol. The molecule has 1 aromatic heterocycles. The van der Waals surface area contributed by atoms with E-state index in [2.05, 4.69) is 10.4 Å². The quantitative estimate of drug-likeness (QED) is 0.794. The molecule has 1 saturated carbocycles. The first-order chi connectivity index (χ1) is 9.82. The molecule has 0 aliphatic heterocycles. The van der Waals surface area contributed by atoms with Crippen molar-refractivity contribution in [3.63, 3.8) is 0 Å². The van der Waals surface area contributed by atoms with Crippen LogP contribution in [-0.2, 0) is 19.9 Å². The lowest BCUT2D eigenvalue weighted by Crippen LogP contribution is -2.36. The predicted octanol–water partition coefficient (Wildman–Crippen LogP) is 1.46. The Kier molecular flexibility index (Phi) is 4.04. The summed E-state index contributed by atoms with van der Waals surface area (Å²) in [6.45, 7) is 5.99. The van der Waals surface area contributed by atoms with E-state index in [9.17, 15) is 9.59 Å². The number of carboxylic acids is 1. The van der Waals surface area contributed by atoms with Crippen LogP contribution in [0.4, 0.5) is 5.69 Å². The van der Waals surface area contributed by atoms with Crippen molar-refractivity contribution in [2.45, 2.75) is 39.2 Å². The number of aliphatic carboxylic acids is 1. The molecule has 0 radical (unpaired) electrons. The molecule has 2 N–H and O–H groups in total. The van der Waals surface area contributed by atoms with Crippen LogP contribution in [-0.4, -0.2) is 40.0 Å². The van der Waals surface area contributed by atoms with Gasteiger partial charge in [0.05, 0.1) is 23.9 Å². The Morgan fingerprint density at radius 3 is 2.71 bits per heavy atom. The van der Waals surface area contributed by atoms with E-state index in [1.807, 2.05) is 6.92 Å². The molecule has 0 bridgehead atoms. The highest BCUT2D eigenvalue weighted by Crippen LogP contribution is 2.46. The van der Waals surface area contributed by atoms with Gasteiger partial charge in [0, 0.05) is 12.8 Å². The van der Waals surface area contributed by atoms with Crippen molar-refractivity contribution >= 4 is 17.6 Å². The molecule has 1 aliphatic carbocycles. The Hall–Kier alpha value is -1.89. The molecule has 0 aromatic carbocycles. The third-order valence-corrected chi connectivity index (χ3v) is 3.85. The maximum absolute atomic E-state index is 12.3. The SMILES string of the molecule is CCOCC1(C(=O)Nc2cnn(C(C)(C)C(=O)O)c2)CC1. The molecule has 21 heavy (non-hydrogen) atoms. The summed E-state index contributed by atoms with van der Waals surface area (Å²) in [6.07, 6.45) is 4.61. The monoisotopic (exact) mass is 295 g/mol. The average Bonchev–Trinajstić information content (AvgIpc) is 3.08. The molecule has 0 unspecified atom stereocenters. The van der Waals surface area contributed by atoms with Crippen molar-refractivity contribution in [2.24, 2.45) is 5.41 Å². The van der Waals surface area contributed by atoms with E-state index in [4.69, 9.17) is 9.84 Å². The van der Waals surface area contributed by atoms with Crippen molar-refractivity contribution in [2.75, 3.05) is 18.5 Å². The highest BCUT2D eigenvalue weighted by atomic mass is 16.5. The van der Waals surface area contributed by atoms with Crippen LogP contribution in [0.5, 0.6) is 0 Å².